The molecule has 1 amide bonds. The summed E-state index contributed by atoms with van der Waals surface area (Å²) in [7, 11) is 2.16. The fourth-order valence-electron chi connectivity index (χ4n) is 5.81. The van der Waals surface area contributed by atoms with Crippen LogP contribution in [-0.2, 0) is 24.3 Å². The van der Waals surface area contributed by atoms with Crippen molar-refractivity contribution in [3.05, 3.63) is 77.6 Å². The lowest BCUT2D eigenvalue weighted by molar-refractivity contribution is -0.126. The van der Waals surface area contributed by atoms with Crippen LogP contribution < -0.4 is 19.7 Å². The van der Waals surface area contributed by atoms with Crippen molar-refractivity contribution in [2.75, 3.05) is 44.8 Å². The zero-order valence-electron chi connectivity index (χ0n) is 21.9. The van der Waals surface area contributed by atoms with E-state index in [-0.39, 0.29) is 11.8 Å². The lowest BCUT2D eigenvalue weighted by Crippen LogP contribution is -2.45. The number of aromatic nitrogens is 1. The molecule has 8 nitrogen and oxygen atoms in total. The van der Waals surface area contributed by atoms with E-state index in [1.165, 1.54) is 16.8 Å². The van der Waals surface area contributed by atoms with E-state index in [2.05, 4.69) is 40.4 Å². The lowest BCUT2D eigenvalue weighted by atomic mass is 9.99. The summed E-state index contributed by atoms with van der Waals surface area (Å²) in [5, 5.41) is 14.6. The van der Waals surface area contributed by atoms with E-state index in [0.717, 1.165) is 32.5 Å². The zero-order chi connectivity index (χ0) is 26.1. The van der Waals surface area contributed by atoms with Crippen LogP contribution in [0.15, 0.2) is 60.9 Å². The Labute approximate surface area is 223 Å². The van der Waals surface area contributed by atoms with E-state index in [1.807, 2.05) is 47.3 Å². The van der Waals surface area contributed by atoms with Crippen LogP contribution in [0.25, 0.3) is 0 Å². The summed E-state index contributed by atoms with van der Waals surface area (Å²) in [6.07, 6.45) is 4.87. The molecule has 1 saturated heterocycles. The van der Waals surface area contributed by atoms with Crippen molar-refractivity contribution in [3.8, 4) is 11.5 Å². The third kappa shape index (κ3) is 5.24. The molecule has 0 bridgehead atoms. The number of anilines is 1. The predicted octanol–water partition coefficient (Wildman–Crippen LogP) is 2.99. The van der Waals surface area contributed by atoms with Crippen LogP contribution in [0.5, 0.6) is 11.5 Å². The van der Waals surface area contributed by atoms with Crippen molar-refractivity contribution in [1.82, 2.24) is 14.8 Å². The first-order valence-corrected chi connectivity index (χ1v) is 13.6. The van der Waals surface area contributed by atoms with E-state index in [4.69, 9.17) is 9.47 Å². The molecule has 2 N–H and O–H groups in total. The van der Waals surface area contributed by atoms with Gasteiger partial charge < -0.3 is 34.3 Å². The molecule has 3 aliphatic heterocycles. The van der Waals surface area contributed by atoms with Gasteiger partial charge in [0.25, 0.3) is 0 Å². The number of aliphatic hydroxyl groups is 1. The molecule has 38 heavy (non-hydrogen) atoms. The molecule has 4 heterocycles. The van der Waals surface area contributed by atoms with E-state index in [0.29, 0.717) is 43.4 Å². The van der Waals surface area contributed by atoms with Crippen molar-refractivity contribution in [3.63, 3.8) is 0 Å². The van der Waals surface area contributed by atoms with Gasteiger partial charge in [0.2, 0.25) is 5.91 Å². The molecule has 8 heteroatoms. The molecule has 200 valence electrons. The molecule has 1 aromatic heterocycles. The maximum absolute atomic E-state index is 13.5. The summed E-state index contributed by atoms with van der Waals surface area (Å²) in [6.45, 7) is 5.05. The Morgan fingerprint density at radius 2 is 1.87 bits per heavy atom. The normalized spacial score (nSPS) is 20.6. The van der Waals surface area contributed by atoms with E-state index >= 15 is 0 Å². The minimum atomic E-state index is -0.896. The molecule has 3 aromatic rings. The van der Waals surface area contributed by atoms with Crippen LogP contribution in [0.3, 0.4) is 0 Å². The maximum atomic E-state index is 13.5. The Balaban J connectivity index is 1.15. The number of carbonyl (C=O) groups excluding carboxylic acids is 1. The summed E-state index contributed by atoms with van der Waals surface area (Å²) >= 11 is 0. The van der Waals surface area contributed by atoms with Crippen molar-refractivity contribution in [1.29, 1.82) is 0 Å². The van der Waals surface area contributed by atoms with Crippen molar-refractivity contribution in [2.45, 2.75) is 38.1 Å². The highest BCUT2D eigenvalue weighted by atomic mass is 16.6. The Morgan fingerprint density at radius 1 is 1.05 bits per heavy atom. The molecule has 6 rings (SSSR count). The molecular formula is C30H36N4O4. The number of benzene rings is 2. The number of hydrogen-bond acceptors (Lipinski definition) is 6. The van der Waals surface area contributed by atoms with Gasteiger partial charge in [-0.15, -0.1) is 0 Å². The topological polar surface area (TPSA) is 79.2 Å². The molecular weight excluding hydrogens is 480 g/mol. The summed E-state index contributed by atoms with van der Waals surface area (Å²) in [5.41, 5.74) is 4.70. The fourth-order valence-corrected chi connectivity index (χ4v) is 5.81. The quantitative estimate of drug-likeness (QED) is 0.503. The Bertz CT molecular complexity index is 1280. The van der Waals surface area contributed by atoms with Gasteiger partial charge in [0, 0.05) is 50.8 Å². The second-order valence-electron chi connectivity index (χ2n) is 10.7. The molecule has 0 spiro atoms. The Hall–Kier alpha value is -3.49. The molecule has 0 aliphatic carbocycles. The van der Waals surface area contributed by atoms with Crippen molar-refractivity contribution >= 4 is 11.6 Å². The standard InChI is InChI=1S/C30H36N4O4/c1-32-12-8-21-4-6-25(16-24(21)18-32)34-13-9-23(19-34)30(36)31-26(20-33-10-2-3-11-33)29(35)22-5-7-27-28(17-22)38-15-14-37-27/h2-7,10-11,16-17,23,26,29,35H,8-9,12-15,18-20H2,1H3,(H,31,36)/t23-,26?,29?/m1/s1. The van der Waals surface area contributed by atoms with Crippen LogP contribution in [0.2, 0.25) is 0 Å². The number of aliphatic hydroxyl groups excluding tert-OH is 1. The highest BCUT2D eigenvalue weighted by molar-refractivity contribution is 5.80. The number of rotatable bonds is 7. The number of amides is 1. The summed E-state index contributed by atoms with van der Waals surface area (Å²) < 4.78 is 13.3. The van der Waals surface area contributed by atoms with E-state index in [1.54, 1.807) is 0 Å². The van der Waals surface area contributed by atoms with Gasteiger partial charge >= 0.3 is 0 Å². The summed E-state index contributed by atoms with van der Waals surface area (Å²) in [6, 6.07) is 15.6. The third-order valence-electron chi connectivity index (χ3n) is 8.01. The Morgan fingerprint density at radius 3 is 2.71 bits per heavy atom. The SMILES string of the molecule is CN1CCc2ccc(N3CC[C@@H](C(=O)NC(Cn4cccc4)C(O)c4ccc5c(c4)OCCO5)C3)cc2C1. The van der Waals surface area contributed by atoms with Gasteiger partial charge in [0.1, 0.15) is 19.3 Å². The van der Waals surface area contributed by atoms with Gasteiger partial charge in [-0.1, -0.05) is 12.1 Å². The Kier molecular flexibility index (Phi) is 7.00. The second kappa shape index (κ2) is 10.7. The largest absolute Gasteiger partial charge is 0.486 e. The van der Waals surface area contributed by atoms with Crippen LogP contribution in [0, 0.1) is 5.92 Å². The van der Waals surface area contributed by atoms with Gasteiger partial charge in [-0.05, 0) is 73.0 Å². The average Bonchev–Trinajstić information content (AvgIpc) is 3.64. The van der Waals surface area contributed by atoms with E-state index in [9.17, 15) is 9.90 Å². The number of fused-ring (bicyclic) bond motifs is 2. The van der Waals surface area contributed by atoms with Gasteiger partial charge in [-0.25, -0.2) is 0 Å². The lowest BCUT2D eigenvalue weighted by Gasteiger charge is -2.28. The number of nitrogens with zero attached hydrogens (tertiary/aromatic N) is 3. The fraction of sp³-hybridized carbons (Fsp3) is 0.433. The molecule has 3 atom stereocenters. The first-order valence-electron chi connectivity index (χ1n) is 13.6. The molecule has 0 saturated carbocycles. The number of nitrogens with one attached hydrogen (secondary N) is 1. The van der Waals surface area contributed by atoms with E-state index < -0.39 is 12.1 Å². The highest BCUT2D eigenvalue weighted by Gasteiger charge is 2.32. The summed E-state index contributed by atoms with van der Waals surface area (Å²) in [4.78, 5) is 18.2. The van der Waals surface area contributed by atoms with Gasteiger partial charge in [0.05, 0.1) is 12.0 Å². The zero-order valence-corrected chi connectivity index (χ0v) is 21.9. The molecule has 3 aliphatic rings. The monoisotopic (exact) mass is 516 g/mol. The predicted molar refractivity (Wildman–Crippen MR) is 146 cm³/mol. The molecule has 2 aromatic carbocycles. The minimum absolute atomic E-state index is 0.0149. The maximum Gasteiger partial charge on any atom is 0.225 e. The van der Waals surface area contributed by atoms with Crippen molar-refractivity contribution < 1.29 is 19.4 Å². The van der Waals surface area contributed by atoms with Gasteiger partial charge in [-0.2, -0.15) is 0 Å². The molecule has 0 radical (unpaired) electrons. The first-order chi connectivity index (χ1) is 18.5. The van der Waals surface area contributed by atoms with Gasteiger partial charge in [0.15, 0.2) is 11.5 Å². The highest BCUT2D eigenvalue weighted by Crippen LogP contribution is 2.34. The number of ether oxygens (including phenoxy) is 2. The number of hydrogen-bond donors (Lipinski definition) is 2. The number of carbonyl (C=O) groups is 1. The van der Waals surface area contributed by atoms with Crippen LogP contribution >= 0.6 is 0 Å². The first kappa shape index (κ1) is 24.8. The van der Waals surface area contributed by atoms with Crippen LogP contribution in [0.4, 0.5) is 5.69 Å². The minimum Gasteiger partial charge on any atom is -0.486 e. The smallest absolute Gasteiger partial charge is 0.225 e. The van der Waals surface area contributed by atoms with Crippen LogP contribution in [-0.4, -0.2) is 66.4 Å². The third-order valence-corrected chi connectivity index (χ3v) is 8.01. The molecule has 1 fully saturated rings. The average molecular weight is 517 g/mol. The van der Waals surface area contributed by atoms with Gasteiger partial charge in [-0.3, -0.25) is 4.79 Å². The summed E-state index contributed by atoms with van der Waals surface area (Å²) in [5.74, 6) is 1.16. The van der Waals surface area contributed by atoms with Crippen molar-refractivity contribution in [2.24, 2.45) is 5.92 Å². The molecule has 2 unspecified atom stereocenters. The number of likely N-dealkylation sites (N-methyl/N-ethyl adjacent to an activating group) is 1. The second-order valence-corrected chi connectivity index (χ2v) is 10.7. The van der Waals surface area contributed by atoms with Crippen LogP contribution in [0.1, 0.15) is 29.2 Å².